The van der Waals surface area contributed by atoms with E-state index in [1.807, 2.05) is 0 Å². The minimum Gasteiger partial charge on any atom is -0.303 e. The van der Waals surface area contributed by atoms with Crippen LogP contribution in [0.5, 0.6) is 0 Å². The summed E-state index contributed by atoms with van der Waals surface area (Å²) in [4.78, 5) is 15.7. The SMILES string of the molecule is O=P(O)(O)OC(F)(F)CBr. The van der Waals surface area contributed by atoms with Gasteiger partial charge in [0.15, 0.2) is 0 Å². The van der Waals surface area contributed by atoms with E-state index in [1.54, 1.807) is 0 Å². The summed E-state index contributed by atoms with van der Waals surface area (Å²) >= 11 is 2.31. The van der Waals surface area contributed by atoms with Crippen molar-refractivity contribution in [3.05, 3.63) is 0 Å². The van der Waals surface area contributed by atoms with E-state index >= 15 is 0 Å². The average Bonchev–Trinajstić information content (AvgIpc) is 1.60. The standard InChI is InChI=1S/C2H4BrF2O4P/c3-1-2(4,5)9-10(6,7)8/h1H2,(H2,6,7,8). The molecule has 0 heterocycles. The van der Waals surface area contributed by atoms with Gasteiger partial charge in [0.05, 0.1) is 5.33 Å². The lowest BCUT2D eigenvalue weighted by Gasteiger charge is -2.13. The van der Waals surface area contributed by atoms with Gasteiger partial charge < -0.3 is 9.79 Å². The lowest BCUT2D eigenvalue weighted by atomic mass is 10.8. The highest BCUT2D eigenvalue weighted by molar-refractivity contribution is 9.09. The number of hydrogen-bond acceptors (Lipinski definition) is 2. The molecule has 0 bridgehead atoms. The lowest BCUT2D eigenvalue weighted by molar-refractivity contribution is -0.164. The Kier molecular flexibility index (Phi) is 3.38. The van der Waals surface area contributed by atoms with Gasteiger partial charge in [0, 0.05) is 0 Å². The first kappa shape index (κ1) is 10.4. The van der Waals surface area contributed by atoms with Crippen LogP contribution in [0.3, 0.4) is 0 Å². The summed E-state index contributed by atoms with van der Waals surface area (Å²) < 4.78 is 36.6. The number of hydrogen-bond donors (Lipinski definition) is 2. The molecule has 10 heavy (non-hydrogen) atoms. The largest absolute Gasteiger partial charge is 0.474 e. The third-order valence-electron chi connectivity index (χ3n) is 0.408. The minimum atomic E-state index is -5.08. The molecule has 0 rings (SSSR count). The molecule has 0 saturated heterocycles. The Morgan fingerprint density at radius 2 is 2.00 bits per heavy atom. The van der Waals surface area contributed by atoms with Crippen LogP contribution < -0.4 is 0 Å². The van der Waals surface area contributed by atoms with E-state index in [1.165, 1.54) is 0 Å². The molecule has 0 aliphatic carbocycles. The van der Waals surface area contributed by atoms with E-state index in [-0.39, 0.29) is 0 Å². The molecule has 4 nitrogen and oxygen atoms in total. The zero-order valence-corrected chi connectivity index (χ0v) is 6.98. The molecule has 0 aromatic heterocycles. The molecule has 0 fully saturated rings. The summed E-state index contributed by atoms with van der Waals surface area (Å²) in [5, 5.41) is -0.953. The maximum Gasteiger partial charge on any atom is 0.474 e. The molecule has 0 aliphatic rings. The molecule has 0 atom stereocenters. The van der Waals surface area contributed by atoms with Gasteiger partial charge in [-0.2, -0.15) is 8.78 Å². The van der Waals surface area contributed by atoms with Crippen LogP contribution in [0.2, 0.25) is 0 Å². The minimum absolute atomic E-state index is 0.953. The Hall–Kier alpha value is 0.450. The Bertz CT molecular complexity index is 155. The van der Waals surface area contributed by atoms with Crippen molar-refractivity contribution < 1.29 is 27.7 Å². The molecule has 0 spiro atoms. The molecule has 0 radical (unpaired) electrons. The fourth-order valence-electron chi connectivity index (χ4n) is 0.198. The smallest absolute Gasteiger partial charge is 0.303 e. The van der Waals surface area contributed by atoms with Crippen molar-refractivity contribution in [1.29, 1.82) is 0 Å². The fraction of sp³-hybridized carbons (Fsp3) is 1.00. The van der Waals surface area contributed by atoms with Gasteiger partial charge in [-0.1, -0.05) is 15.9 Å². The fourth-order valence-corrected chi connectivity index (χ4v) is 0.902. The van der Waals surface area contributed by atoms with Crippen molar-refractivity contribution in [2.24, 2.45) is 0 Å². The highest BCUT2D eigenvalue weighted by atomic mass is 79.9. The number of halogens is 3. The molecule has 0 aliphatic heterocycles. The third kappa shape index (κ3) is 5.25. The first-order valence-electron chi connectivity index (χ1n) is 1.97. The van der Waals surface area contributed by atoms with Crippen LogP contribution in [-0.4, -0.2) is 21.2 Å². The van der Waals surface area contributed by atoms with Gasteiger partial charge in [0.25, 0.3) is 0 Å². The summed E-state index contributed by atoms with van der Waals surface area (Å²) in [5.41, 5.74) is 0. The Morgan fingerprint density at radius 3 is 2.10 bits per heavy atom. The Morgan fingerprint density at radius 1 is 1.60 bits per heavy atom. The van der Waals surface area contributed by atoms with Crippen molar-refractivity contribution in [2.45, 2.75) is 6.11 Å². The predicted octanol–water partition coefficient (Wildman–Crippen LogP) is 1.08. The second kappa shape index (κ2) is 3.23. The first-order chi connectivity index (χ1) is 4.27. The first-order valence-corrected chi connectivity index (χ1v) is 4.62. The van der Waals surface area contributed by atoms with Crippen molar-refractivity contribution >= 4 is 23.8 Å². The van der Waals surface area contributed by atoms with Gasteiger partial charge in [-0.25, -0.2) is 9.09 Å². The number of alkyl halides is 3. The van der Waals surface area contributed by atoms with Gasteiger partial charge >= 0.3 is 13.9 Å². The normalized spacial score (nSPS) is 13.7. The van der Waals surface area contributed by atoms with Crippen LogP contribution >= 0.6 is 23.8 Å². The zero-order valence-electron chi connectivity index (χ0n) is 4.50. The van der Waals surface area contributed by atoms with E-state index in [0.29, 0.717) is 0 Å². The van der Waals surface area contributed by atoms with Crippen molar-refractivity contribution in [3.8, 4) is 0 Å². The monoisotopic (exact) mass is 240 g/mol. The average molecular weight is 241 g/mol. The maximum absolute atomic E-state index is 11.9. The van der Waals surface area contributed by atoms with Gasteiger partial charge in [-0.3, -0.25) is 0 Å². The van der Waals surface area contributed by atoms with Crippen LogP contribution in [0, 0.1) is 0 Å². The van der Waals surface area contributed by atoms with E-state index < -0.39 is 19.3 Å². The Balaban J connectivity index is 4.02. The quantitative estimate of drug-likeness (QED) is 0.573. The highest BCUT2D eigenvalue weighted by Crippen LogP contribution is 2.43. The van der Waals surface area contributed by atoms with Crippen molar-refractivity contribution in [1.82, 2.24) is 0 Å². The van der Waals surface area contributed by atoms with Crippen LogP contribution in [-0.2, 0) is 9.09 Å². The summed E-state index contributed by atoms with van der Waals surface area (Å²) in [7, 11) is -5.08. The molecule has 0 amide bonds. The van der Waals surface area contributed by atoms with Gasteiger partial charge in [0.2, 0.25) is 0 Å². The lowest BCUT2D eigenvalue weighted by Crippen LogP contribution is -2.20. The Labute approximate surface area is 63.6 Å². The molecule has 62 valence electrons. The summed E-state index contributed by atoms with van der Waals surface area (Å²) in [6.45, 7) is 0. The zero-order chi connectivity index (χ0) is 8.41. The van der Waals surface area contributed by atoms with Gasteiger partial charge in [-0.15, -0.1) is 0 Å². The molecule has 2 N–H and O–H groups in total. The second-order valence-electron chi connectivity index (χ2n) is 1.35. The highest BCUT2D eigenvalue weighted by Gasteiger charge is 2.36. The van der Waals surface area contributed by atoms with Crippen LogP contribution in [0.15, 0.2) is 0 Å². The summed E-state index contributed by atoms with van der Waals surface area (Å²) in [6.07, 6.45) is -3.82. The van der Waals surface area contributed by atoms with E-state index in [4.69, 9.17) is 9.79 Å². The van der Waals surface area contributed by atoms with E-state index in [0.717, 1.165) is 0 Å². The molecule has 0 aromatic rings. The molecule has 0 unspecified atom stereocenters. The van der Waals surface area contributed by atoms with Crippen molar-refractivity contribution in [3.63, 3.8) is 0 Å². The summed E-state index contributed by atoms with van der Waals surface area (Å²) in [6, 6.07) is 0. The topological polar surface area (TPSA) is 66.8 Å². The molecule has 0 aromatic carbocycles. The van der Waals surface area contributed by atoms with Gasteiger partial charge in [0.1, 0.15) is 0 Å². The predicted molar refractivity (Wildman–Crippen MR) is 31.9 cm³/mol. The van der Waals surface area contributed by atoms with Crippen LogP contribution in [0.4, 0.5) is 8.78 Å². The number of phosphoric ester groups is 1. The molecular formula is C2H4BrF2O4P. The van der Waals surface area contributed by atoms with Crippen molar-refractivity contribution in [2.75, 3.05) is 5.33 Å². The molecule has 0 saturated carbocycles. The van der Waals surface area contributed by atoms with Crippen LogP contribution in [0.25, 0.3) is 0 Å². The number of phosphoric acid groups is 1. The number of rotatable bonds is 3. The van der Waals surface area contributed by atoms with Crippen LogP contribution in [0.1, 0.15) is 0 Å². The molecular weight excluding hydrogens is 237 g/mol. The summed E-state index contributed by atoms with van der Waals surface area (Å²) in [5.74, 6) is 0. The van der Waals surface area contributed by atoms with E-state index in [9.17, 15) is 13.3 Å². The molecule has 8 heteroatoms. The van der Waals surface area contributed by atoms with Gasteiger partial charge in [-0.05, 0) is 0 Å². The van der Waals surface area contributed by atoms with E-state index in [2.05, 4.69) is 20.5 Å². The maximum atomic E-state index is 11.9. The third-order valence-corrected chi connectivity index (χ3v) is 1.57. The second-order valence-corrected chi connectivity index (χ2v) is 3.08.